The molecule has 1 N–H and O–H groups in total. The lowest BCUT2D eigenvalue weighted by molar-refractivity contribution is -0.171. The number of piperidine rings is 1. The van der Waals surface area contributed by atoms with Gasteiger partial charge in [-0.3, -0.25) is 4.79 Å². The van der Waals surface area contributed by atoms with Gasteiger partial charge >= 0.3 is 0 Å². The van der Waals surface area contributed by atoms with Gasteiger partial charge in [0.25, 0.3) is 0 Å². The lowest BCUT2D eigenvalue weighted by atomic mass is 9.91. The van der Waals surface area contributed by atoms with Gasteiger partial charge in [0, 0.05) is 6.54 Å². The molecule has 1 rings (SSSR count). The van der Waals surface area contributed by atoms with Crippen LogP contribution >= 0.6 is 0 Å². The SMILES string of the molecule is N#CC1(C=O)CCCCN1O. The normalized spacial score (nSPS) is 32.7. The molecule has 1 fully saturated rings. The lowest BCUT2D eigenvalue weighted by Gasteiger charge is -2.32. The summed E-state index contributed by atoms with van der Waals surface area (Å²) in [6, 6.07) is 1.82. The Bertz CT molecular complexity index is 199. The minimum absolute atomic E-state index is 0.409. The molecule has 1 saturated heterocycles. The maximum atomic E-state index is 10.5. The fourth-order valence-electron chi connectivity index (χ4n) is 1.24. The summed E-state index contributed by atoms with van der Waals surface area (Å²) in [6.45, 7) is 0.409. The third-order valence-corrected chi connectivity index (χ3v) is 2.03. The highest BCUT2D eigenvalue weighted by Crippen LogP contribution is 2.23. The smallest absolute Gasteiger partial charge is 0.186 e. The van der Waals surface area contributed by atoms with Gasteiger partial charge in [0.15, 0.2) is 11.8 Å². The molecular formula is C7H10N2O2. The topological polar surface area (TPSA) is 64.3 Å². The fourth-order valence-corrected chi connectivity index (χ4v) is 1.24. The van der Waals surface area contributed by atoms with Crippen molar-refractivity contribution in [1.82, 2.24) is 5.06 Å². The molecule has 0 bridgehead atoms. The number of hydrogen-bond acceptors (Lipinski definition) is 4. The molecule has 11 heavy (non-hydrogen) atoms. The van der Waals surface area contributed by atoms with E-state index in [0.29, 0.717) is 19.3 Å². The van der Waals surface area contributed by atoms with Gasteiger partial charge in [-0.2, -0.15) is 10.3 Å². The van der Waals surface area contributed by atoms with Crippen LogP contribution in [0.4, 0.5) is 0 Å². The molecule has 0 saturated carbocycles. The van der Waals surface area contributed by atoms with Crippen molar-refractivity contribution in [1.29, 1.82) is 5.26 Å². The van der Waals surface area contributed by atoms with Crippen LogP contribution in [-0.4, -0.2) is 28.6 Å². The van der Waals surface area contributed by atoms with Gasteiger partial charge in [-0.25, -0.2) is 0 Å². The number of carbonyl (C=O) groups is 1. The Labute approximate surface area is 65.0 Å². The number of hydrogen-bond donors (Lipinski definition) is 1. The summed E-state index contributed by atoms with van der Waals surface area (Å²) in [6.07, 6.45) is 2.62. The molecule has 0 aliphatic carbocycles. The monoisotopic (exact) mass is 154 g/mol. The van der Waals surface area contributed by atoms with Gasteiger partial charge in [0.2, 0.25) is 0 Å². The average Bonchev–Trinajstić information content (AvgIpc) is 2.06. The summed E-state index contributed by atoms with van der Waals surface area (Å²) in [7, 11) is 0. The second kappa shape index (κ2) is 2.99. The number of aldehydes is 1. The number of nitriles is 1. The Morgan fingerprint density at radius 1 is 1.64 bits per heavy atom. The first kappa shape index (κ1) is 8.18. The average molecular weight is 154 g/mol. The van der Waals surface area contributed by atoms with Crippen molar-refractivity contribution < 1.29 is 10.0 Å². The van der Waals surface area contributed by atoms with Crippen molar-refractivity contribution in [3.8, 4) is 6.07 Å². The maximum absolute atomic E-state index is 10.5. The molecule has 1 unspecified atom stereocenters. The Kier molecular flexibility index (Phi) is 2.22. The van der Waals surface area contributed by atoms with E-state index in [1.807, 2.05) is 6.07 Å². The van der Waals surface area contributed by atoms with Gasteiger partial charge < -0.3 is 5.21 Å². The number of carbonyl (C=O) groups excluding carboxylic acids is 1. The number of hydroxylamine groups is 2. The van der Waals surface area contributed by atoms with Crippen LogP contribution in [0.1, 0.15) is 19.3 Å². The quantitative estimate of drug-likeness (QED) is 0.552. The predicted octanol–water partition coefficient (Wildman–Crippen LogP) is 0.323. The molecule has 0 aromatic rings. The number of nitrogens with zero attached hydrogens (tertiary/aromatic N) is 2. The number of rotatable bonds is 1. The molecule has 0 aromatic heterocycles. The third kappa shape index (κ3) is 1.25. The van der Waals surface area contributed by atoms with Crippen LogP contribution in [0, 0.1) is 11.3 Å². The summed E-state index contributed by atoms with van der Waals surface area (Å²) in [5.41, 5.74) is -1.27. The van der Waals surface area contributed by atoms with E-state index in [9.17, 15) is 10.0 Å². The van der Waals surface area contributed by atoms with Gasteiger partial charge in [-0.15, -0.1) is 0 Å². The zero-order chi connectivity index (χ0) is 8.32. The highest BCUT2D eigenvalue weighted by Gasteiger charge is 2.38. The molecule has 4 heteroatoms. The van der Waals surface area contributed by atoms with Crippen molar-refractivity contribution in [2.45, 2.75) is 24.8 Å². The van der Waals surface area contributed by atoms with Crippen molar-refractivity contribution in [3.63, 3.8) is 0 Å². The molecule has 1 aliphatic rings. The highest BCUT2D eigenvalue weighted by atomic mass is 16.5. The molecule has 1 atom stereocenters. The highest BCUT2D eigenvalue weighted by molar-refractivity contribution is 5.69. The van der Waals surface area contributed by atoms with E-state index in [1.54, 1.807) is 0 Å². The summed E-state index contributed by atoms with van der Waals surface area (Å²) in [4.78, 5) is 10.5. The zero-order valence-electron chi connectivity index (χ0n) is 6.16. The Balaban J connectivity index is 2.79. The Hall–Kier alpha value is -0.920. The van der Waals surface area contributed by atoms with Gasteiger partial charge in [0.05, 0.1) is 6.07 Å². The summed E-state index contributed by atoms with van der Waals surface area (Å²) >= 11 is 0. The zero-order valence-corrected chi connectivity index (χ0v) is 6.16. The molecular weight excluding hydrogens is 144 g/mol. The molecule has 0 radical (unpaired) electrons. The minimum Gasteiger partial charge on any atom is -0.312 e. The van der Waals surface area contributed by atoms with Crippen LogP contribution in [-0.2, 0) is 4.79 Å². The van der Waals surface area contributed by atoms with E-state index in [2.05, 4.69) is 0 Å². The van der Waals surface area contributed by atoms with Crippen LogP contribution in [0.5, 0.6) is 0 Å². The minimum atomic E-state index is -1.27. The van der Waals surface area contributed by atoms with E-state index in [1.165, 1.54) is 0 Å². The largest absolute Gasteiger partial charge is 0.312 e. The fraction of sp³-hybridized carbons (Fsp3) is 0.714. The summed E-state index contributed by atoms with van der Waals surface area (Å²) in [5.74, 6) is 0. The van der Waals surface area contributed by atoms with E-state index in [4.69, 9.17) is 5.26 Å². The van der Waals surface area contributed by atoms with Crippen LogP contribution in [0.2, 0.25) is 0 Å². The molecule has 4 nitrogen and oxygen atoms in total. The standard InChI is InChI=1S/C7H10N2O2/c8-5-7(6-10)3-1-2-4-9(7)11/h6,11H,1-4H2. The van der Waals surface area contributed by atoms with Crippen molar-refractivity contribution in [2.75, 3.05) is 6.54 Å². The van der Waals surface area contributed by atoms with E-state index < -0.39 is 5.54 Å². The third-order valence-electron chi connectivity index (χ3n) is 2.03. The molecule has 0 aromatic carbocycles. The van der Waals surface area contributed by atoms with E-state index in [0.717, 1.165) is 17.9 Å². The molecule has 60 valence electrons. The molecule has 0 spiro atoms. The van der Waals surface area contributed by atoms with Crippen molar-refractivity contribution in [3.05, 3.63) is 0 Å². The molecule has 0 amide bonds. The van der Waals surface area contributed by atoms with Gasteiger partial charge in [0.1, 0.15) is 0 Å². The first-order chi connectivity index (χ1) is 5.25. The Morgan fingerprint density at radius 2 is 2.36 bits per heavy atom. The Morgan fingerprint density at radius 3 is 2.73 bits per heavy atom. The maximum Gasteiger partial charge on any atom is 0.186 e. The second-order valence-corrected chi connectivity index (χ2v) is 2.73. The van der Waals surface area contributed by atoms with Crippen molar-refractivity contribution >= 4 is 6.29 Å². The first-order valence-electron chi connectivity index (χ1n) is 3.59. The van der Waals surface area contributed by atoms with Gasteiger partial charge in [-0.1, -0.05) is 0 Å². The van der Waals surface area contributed by atoms with Gasteiger partial charge in [-0.05, 0) is 19.3 Å². The van der Waals surface area contributed by atoms with Crippen LogP contribution in [0.25, 0.3) is 0 Å². The summed E-state index contributed by atoms with van der Waals surface area (Å²) in [5, 5.41) is 18.7. The van der Waals surface area contributed by atoms with Crippen molar-refractivity contribution in [2.24, 2.45) is 0 Å². The van der Waals surface area contributed by atoms with Crippen LogP contribution in [0.3, 0.4) is 0 Å². The van der Waals surface area contributed by atoms with Crippen LogP contribution < -0.4 is 0 Å². The predicted molar refractivity (Wildman–Crippen MR) is 36.8 cm³/mol. The van der Waals surface area contributed by atoms with E-state index in [-0.39, 0.29) is 0 Å². The second-order valence-electron chi connectivity index (χ2n) is 2.73. The first-order valence-corrected chi connectivity index (χ1v) is 3.59. The van der Waals surface area contributed by atoms with Crippen LogP contribution in [0.15, 0.2) is 0 Å². The molecule has 1 aliphatic heterocycles. The summed E-state index contributed by atoms with van der Waals surface area (Å²) < 4.78 is 0. The molecule has 1 heterocycles. The van der Waals surface area contributed by atoms with E-state index >= 15 is 0 Å². The lowest BCUT2D eigenvalue weighted by Crippen LogP contribution is -2.50.